The number of hydrogen-bond acceptors (Lipinski definition) is 5. The van der Waals surface area contributed by atoms with Gasteiger partial charge in [0, 0.05) is 10.2 Å². The van der Waals surface area contributed by atoms with Crippen LogP contribution in [0.25, 0.3) is 0 Å². The Bertz CT molecular complexity index is 435. The second-order valence-electron chi connectivity index (χ2n) is 4.25. The van der Waals surface area contributed by atoms with E-state index in [1.807, 2.05) is 6.55 Å². The van der Waals surface area contributed by atoms with E-state index in [0.29, 0.717) is 5.70 Å². The first-order valence-corrected chi connectivity index (χ1v) is 13.0. The maximum Gasteiger partial charge on any atom is 0.341 e. The molecule has 0 unspecified atom stereocenters. The van der Waals surface area contributed by atoms with Crippen molar-refractivity contribution in [3.63, 3.8) is 0 Å². The van der Waals surface area contributed by atoms with Crippen LogP contribution >= 0.6 is 34.4 Å². The highest BCUT2D eigenvalue weighted by Crippen LogP contribution is 2.40. The van der Waals surface area contributed by atoms with Gasteiger partial charge in [0.1, 0.15) is 17.1 Å². The molecule has 0 aromatic rings. The zero-order valence-electron chi connectivity index (χ0n) is 10.9. The van der Waals surface area contributed by atoms with Crippen molar-refractivity contribution in [3.8, 4) is 0 Å². The van der Waals surface area contributed by atoms with Gasteiger partial charge < -0.3 is 9.41 Å². The van der Waals surface area contributed by atoms with Gasteiger partial charge in [-0.05, 0) is 12.1 Å². The first kappa shape index (κ1) is 15.5. The summed E-state index contributed by atoms with van der Waals surface area (Å²) in [5.74, 6) is 0.543. The third-order valence-electron chi connectivity index (χ3n) is 3.10. The molecule has 0 saturated carbocycles. The average molecular weight is 428 g/mol. The third-order valence-corrected chi connectivity index (χ3v) is 6.76. The normalized spacial score (nSPS) is 27.3. The van der Waals surface area contributed by atoms with Gasteiger partial charge in [-0.15, -0.1) is 11.8 Å². The molecule has 2 heterocycles. The Labute approximate surface area is 135 Å². The molecule has 0 aromatic carbocycles. The highest BCUT2D eigenvalue weighted by atomic mass is 127. The molecule has 0 aromatic heterocycles. The molecular formula is C10H17IN2O3SSi2. The third kappa shape index (κ3) is 2.80. The van der Waals surface area contributed by atoms with Gasteiger partial charge in [0.05, 0.1) is 9.68 Å². The van der Waals surface area contributed by atoms with Crippen LogP contribution in [0.5, 0.6) is 0 Å². The summed E-state index contributed by atoms with van der Waals surface area (Å²) in [6, 6.07) is -0.0981. The van der Waals surface area contributed by atoms with Crippen LogP contribution in [0.1, 0.15) is 0 Å². The minimum absolute atomic E-state index is 0.0265. The summed E-state index contributed by atoms with van der Waals surface area (Å²) in [7, 11) is -1.18. The van der Waals surface area contributed by atoms with E-state index in [0.717, 1.165) is 15.8 Å². The monoisotopic (exact) mass is 428 g/mol. The van der Waals surface area contributed by atoms with Crippen molar-refractivity contribution in [2.45, 2.75) is 24.5 Å². The smallest absolute Gasteiger partial charge is 0.341 e. The number of carbonyl (C=O) groups is 2. The van der Waals surface area contributed by atoms with Gasteiger partial charge in [-0.2, -0.15) is 0 Å². The molecule has 1 amide bonds. The lowest BCUT2D eigenvalue weighted by molar-refractivity contribution is -0.147. The van der Waals surface area contributed by atoms with E-state index in [4.69, 9.17) is 4.43 Å². The number of thioether (sulfide) groups is 1. The second-order valence-corrected chi connectivity index (χ2v) is 8.10. The second kappa shape index (κ2) is 6.74. The van der Waals surface area contributed by atoms with Crippen LogP contribution in [0, 0.1) is 0 Å². The Morgan fingerprint density at radius 3 is 2.95 bits per heavy atom. The van der Waals surface area contributed by atoms with E-state index in [-0.39, 0.29) is 33.0 Å². The Balaban J connectivity index is 2.24. The van der Waals surface area contributed by atoms with Gasteiger partial charge in [0.15, 0.2) is 0 Å². The van der Waals surface area contributed by atoms with Crippen molar-refractivity contribution in [2.75, 3.05) is 10.2 Å². The highest BCUT2D eigenvalue weighted by Gasteiger charge is 2.52. The Kier molecular flexibility index (Phi) is 5.51. The summed E-state index contributed by atoms with van der Waals surface area (Å²) in [4.78, 5) is 29.3. The molecule has 1 saturated heterocycles. The molecule has 1 fully saturated rings. The van der Waals surface area contributed by atoms with Crippen LogP contribution in [-0.4, -0.2) is 57.8 Å². The number of β-lactam (4-membered cyclic amide) rings is 1. The molecule has 2 aliphatic heterocycles. The number of nitrogens with one attached hydrogen (secondary N) is 1. The number of hydrogen-bond donors (Lipinski definition) is 1. The molecule has 0 spiro atoms. The average Bonchev–Trinajstić information content (AvgIpc) is 2.43. The van der Waals surface area contributed by atoms with Gasteiger partial charge in [-0.1, -0.05) is 29.1 Å². The van der Waals surface area contributed by atoms with E-state index in [1.54, 1.807) is 16.7 Å². The molecule has 0 aliphatic carbocycles. The number of carbonyl (C=O) groups excluding carboxylic acids is 2. The van der Waals surface area contributed by atoms with Gasteiger partial charge in [0.2, 0.25) is 15.7 Å². The molecule has 2 aliphatic rings. The van der Waals surface area contributed by atoms with Crippen molar-refractivity contribution < 1.29 is 14.0 Å². The van der Waals surface area contributed by atoms with Crippen LogP contribution in [0.3, 0.4) is 0 Å². The lowest BCUT2D eigenvalue weighted by Gasteiger charge is -2.50. The Hall–Kier alpha value is 0.154. The van der Waals surface area contributed by atoms with Gasteiger partial charge in [0.25, 0.3) is 0 Å². The minimum atomic E-state index is -0.804. The zero-order chi connectivity index (χ0) is 14.0. The fraction of sp³-hybridized carbons (Fsp3) is 0.600. The summed E-state index contributed by atoms with van der Waals surface area (Å²) in [6.45, 7) is 4.04. The first-order valence-electron chi connectivity index (χ1n) is 6.28. The highest BCUT2D eigenvalue weighted by molar-refractivity contribution is 14.1. The van der Waals surface area contributed by atoms with Crippen LogP contribution in [0.15, 0.2) is 11.3 Å². The fourth-order valence-electron chi connectivity index (χ4n) is 2.25. The molecule has 0 radical (unpaired) electrons. The quantitative estimate of drug-likeness (QED) is 0.273. The van der Waals surface area contributed by atoms with E-state index in [9.17, 15) is 9.59 Å². The zero-order valence-corrected chi connectivity index (χ0v) is 16.7. The lowest BCUT2D eigenvalue weighted by Crippen LogP contribution is -2.70. The summed E-state index contributed by atoms with van der Waals surface area (Å²) in [5, 5.41) is 0.0766. The summed E-state index contributed by atoms with van der Waals surface area (Å²) < 4.78 is 5.99. The summed E-state index contributed by atoms with van der Waals surface area (Å²) in [6.07, 6.45) is 0. The molecule has 106 valence electrons. The predicted octanol–water partition coefficient (Wildman–Crippen LogP) is -0.644. The van der Waals surface area contributed by atoms with E-state index in [2.05, 4.69) is 34.1 Å². The minimum Gasteiger partial charge on any atom is -0.521 e. The van der Waals surface area contributed by atoms with Gasteiger partial charge >= 0.3 is 5.97 Å². The topological polar surface area (TPSA) is 58.6 Å². The molecule has 19 heavy (non-hydrogen) atoms. The molecule has 5 nitrogen and oxygen atoms in total. The summed E-state index contributed by atoms with van der Waals surface area (Å²) in [5.41, 5.74) is 1.54. The number of fused-ring (bicyclic) bond motifs is 1. The number of rotatable bonds is 5. The van der Waals surface area contributed by atoms with Crippen molar-refractivity contribution in [1.29, 1.82) is 0 Å². The molecule has 0 bridgehead atoms. The Morgan fingerprint density at radius 1 is 1.63 bits per heavy atom. The number of amides is 1. The number of halogens is 1. The van der Waals surface area contributed by atoms with Crippen molar-refractivity contribution in [3.05, 3.63) is 11.3 Å². The molecule has 2 atom stereocenters. The van der Waals surface area contributed by atoms with E-state index >= 15 is 0 Å². The predicted molar refractivity (Wildman–Crippen MR) is 90.8 cm³/mol. The van der Waals surface area contributed by atoms with Crippen molar-refractivity contribution in [2.24, 2.45) is 0 Å². The standard InChI is InChI=1S/C10H17IN2O3SSi2/c1-18-12-6-8(14)13-7(10(15)16-19-2)5(3-11)4-17-9(6)13/h6,9,12H,3-4,18-19H2,1-2H3/t6-,9-/m1/s1. The first-order chi connectivity index (χ1) is 9.15. The maximum atomic E-state index is 12.2. The Morgan fingerprint density at radius 2 is 2.37 bits per heavy atom. The van der Waals surface area contributed by atoms with Gasteiger partial charge in [-0.25, -0.2) is 4.79 Å². The molecule has 1 N–H and O–H groups in total. The van der Waals surface area contributed by atoms with Crippen LogP contribution < -0.4 is 4.98 Å². The molecule has 9 heteroatoms. The van der Waals surface area contributed by atoms with Crippen LogP contribution in [-0.2, 0) is 14.0 Å². The number of nitrogens with zero attached hydrogens (tertiary/aromatic N) is 1. The van der Waals surface area contributed by atoms with Gasteiger partial charge in [-0.3, -0.25) is 9.69 Å². The molecular weight excluding hydrogens is 411 g/mol. The number of alkyl halides is 1. The van der Waals surface area contributed by atoms with Crippen molar-refractivity contribution >= 4 is 65.7 Å². The largest absolute Gasteiger partial charge is 0.521 e. The lowest BCUT2D eigenvalue weighted by atomic mass is 10.0. The summed E-state index contributed by atoms with van der Waals surface area (Å²) >= 11 is 3.98. The molecule has 2 rings (SSSR count). The van der Waals surface area contributed by atoms with E-state index < -0.39 is 9.76 Å². The SMILES string of the molecule is C[SiH2]N[C@@H]1C(=O)N2C(C(=O)O[SiH2]C)=C(CI)CS[C@H]12. The van der Waals surface area contributed by atoms with Crippen LogP contribution in [0.2, 0.25) is 13.1 Å². The van der Waals surface area contributed by atoms with Crippen LogP contribution in [0.4, 0.5) is 0 Å². The fourth-order valence-corrected chi connectivity index (χ4v) is 6.03. The van der Waals surface area contributed by atoms with E-state index in [1.165, 1.54) is 0 Å². The van der Waals surface area contributed by atoms with Crippen molar-refractivity contribution in [1.82, 2.24) is 9.88 Å². The maximum absolute atomic E-state index is 12.2.